The van der Waals surface area contributed by atoms with E-state index in [-0.39, 0.29) is 11.7 Å². The lowest BCUT2D eigenvalue weighted by molar-refractivity contribution is 0.0743. The van der Waals surface area contributed by atoms with Crippen LogP contribution in [0.25, 0.3) is 0 Å². The standard InChI is InChI=1S/C17H18FIN2O2/c1-21(7-8-23-2)17(22)15-5-6-20-11-13(15)9-12-3-4-14(19)10-16(12)18/h3-6,10-11H,7-9H2,1-2H3. The summed E-state index contributed by atoms with van der Waals surface area (Å²) in [6.07, 6.45) is 3.52. The van der Waals surface area contributed by atoms with Gasteiger partial charge in [-0.15, -0.1) is 0 Å². The number of hydrogen-bond acceptors (Lipinski definition) is 3. The van der Waals surface area contributed by atoms with Crippen LogP contribution in [0.4, 0.5) is 4.39 Å². The molecule has 6 heteroatoms. The first-order valence-electron chi connectivity index (χ1n) is 7.14. The molecule has 0 saturated carbocycles. The molecule has 2 rings (SSSR count). The van der Waals surface area contributed by atoms with Gasteiger partial charge in [0.25, 0.3) is 5.91 Å². The first-order valence-corrected chi connectivity index (χ1v) is 8.22. The minimum Gasteiger partial charge on any atom is -0.383 e. The summed E-state index contributed by atoms with van der Waals surface area (Å²) in [5.74, 6) is -0.391. The van der Waals surface area contributed by atoms with Crippen molar-refractivity contribution in [2.75, 3.05) is 27.3 Å². The van der Waals surface area contributed by atoms with Crippen molar-refractivity contribution in [2.45, 2.75) is 6.42 Å². The lowest BCUT2D eigenvalue weighted by Gasteiger charge is -2.18. The van der Waals surface area contributed by atoms with Crippen molar-refractivity contribution in [2.24, 2.45) is 0 Å². The molecule has 0 saturated heterocycles. The number of nitrogens with zero attached hydrogens (tertiary/aromatic N) is 2. The summed E-state index contributed by atoms with van der Waals surface area (Å²) in [6, 6.07) is 6.75. The fourth-order valence-corrected chi connectivity index (χ4v) is 2.64. The fraction of sp³-hybridized carbons (Fsp3) is 0.294. The lowest BCUT2D eigenvalue weighted by Crippen LogP contribution is -2.30. The molecular weight excluding hydrogens is 410 g/mol. The van der Waals surface area contributed by atoms with Gasteiger partial charge in [-0.3, -0.25) is 9.78 Å². The van der Waals surface area contributed by atoms with Gasteiger partial charge in [0.1, 0.15) is 5.82 Å². The van der Waals surface area contributed by atoms with E-state index >= 15 is 0 Å². The molecule has 0 aliphatic heterocycles. The first kappa shape index (κ1) is 17.8. The van der Waals surface area contributed by atoms with Crippen LogP contribution in [-0.2, 0) is 11.2 Å². The Morgan fingerprint density at radius 3 is 2.83 bits per heavy atom. The van der Waals surface area contributed by atoms with Crippen LogP contribution < -0.4 is 0 Å². The molecule has 0 radical (unpaired) electrons. The third kappa shape index (κ3) is 4.71. The van der Waals surface area contributed by atoms with Gasteiger partial charge < -0.3 is 9.64 Å². The van der Waals surface area contributed by atoms with Crippen LogP contribution in [0, 0.1) is 9.39 Å². The van der Waals surface area contributed by atoms with Crippen molar-refractivity contribution in [1.29, 1.82) is 0 Å². The van der Waals surface area contributed by atoms with Gasteiger partial charge in [-0.2, -0.15) is 0 Å². The summed E-state index contributed by atoms with van der Waals surface area (Å²) in [5.41, 5.74) is 1.80. The van der Waals surface area contributed by atoms with Crippen molar-refractivity contribution in [3.8, 4) is 0 Å². The monoisotopic (exact) mass is 428 g/mol. The van der Waals surface area contributed by atoms with Crippen molar-refractivity contribution in [1.82, 2.24) is 9.88 Å². The second-order valence-corrected chi connectivity index (χ2v) is 6.41. The highest BCUT2D eigenvalue weighted by atomic mass is 127. The smallest absolute Gasteiger partial charge is 0.254 e. The second kappa shape index (κ2) is 8.35. The van der Waals surface area contributed by atoms with Gasteiger partial charge in [-0.25, -0.2) is 4.39 Å². The SMILES string of the molecule is COCCN(C)C(=O)c1ccncc1Cc1ccc(I)cc1F. The molecule has 0 unspecified atom stereocenters. The van der Waals surface area contributed by atoms with E-state index in [1.807, 2.05) is 6.07 Å². The van der Waals surface area contributed by atoms with Gasteiger partial charge >= 0.3 is 0 Å². The molecule has 0 atom stereocenters. The maximum atomic E-state index is 14.1. The van der Waals surface area contributed by atoms with Crippen LogP contribution in [0.5, 0.6) is 0 Å². The molecule has 0 N–H and O–H groups in total. The predicted octanol–water partition coefficient (Wildman–Crippen LogP) is 3.13. The highest BCUT2D eigenvalue weighted by Gasteiger charge is 2.17. The summed E-state index contributed by atoms with van der Waals surface area (Å²) < 4.78 is 19.9. The number of carbonyl (C=O) groups excluding carboxylic acids is 1. The average molecular weight is 428 g/mol. The van der Waals surface area contributed by atoms with E-state index in [2.05, 4.69) is 27.6 Å². The number of rotatable bonds is 6. The maximum Gasteiger partial charge on any atom is 0.254 e. The number of halogens is 2. The van der Waals surface area contributed by atoms with E-state index in [4.69, 9.17) is 4.74 Å². The van der Waals surface area contributed by atoms with E-state index in [0.717, 1.165) is 3.57 Å². The number of ether oxygens (including phenoxy) is 1. The molecule has 1 amide bonds. The average Bonchev–Trinajstić information content (AvgIpc) is 2.55. The number of hydrogen-bond donors (Lipinski definition) is 0. The van der Waals surface area contributed by atoms with Crippen LogP contribution in [0.15, 0.2) is 36.7 Å². The highest BCUT2D eigenvalue weighted by molar-refractivity contribution is 14.1. The summed E-state index contributed by atoms with van der Waals surface area (Å²) in [6.45, 7) is 0.962. The van der Waals surface area contributed by atoms with Crippen molar-refractivity contribution in [3.63, 3.8) is 0 Å². The Kier molecular flexibility index (Phi) is 6.47. The molecule has 4 nitrogen and oxygen atoms in total. The molecule has 1 aromatic carbocycles. The Bertz CT molecular complexity index is 694. The van der Waals surface area contributed by atoms with Crippen molar-refractivity contribution >= 4 is 28.5 Å². The van der Waals surface area contributed by atoms with Crippen LogP contribution in [0.1, 0.15) is 21.5 Å². The molecular formula is C17H18FIN2O2. The van der Waals surface area contributed by atoms with Gasteiger partial charge in [-0.05, 0) is 51.9 Å². The molecule has 0 aliphatic carbocycles. The van der Waals surface area contributed by atoms with E-state index in [1.165, 1.54) is 6.07 Å². The second-order valence-electron chi connectivity index (χ2n) is 5.16. The van der Waals surface area contributed by atoms with Crippen LogP contribution >= 0.6 is 22.6 Å². The largest absolute Gasteiger partial charge is 0.383 e. The topological polar surface area (TPSA) is 42.4 Å². The number of likely N-dealkylation sites (N-methyl/N-ethyl adjacent to an activating group) is 1. The zero-order valence-corrected chi connectivity index (χ0v) is 15.2. The van der Waals surface area contributed by atoms with E-state index < -0.39 is 0 Å². The zero-order chi connectivity index (χ0) is 16.8. The number of aromatic nitrogens is 1. The van der Waals surface area contributed by atoms with E-state index in [1.54, 1.807) is 43.6 Å². The first-order chi connectivity index (χ1) is 11.0. The van der Waals surface area contributed by atoms with Gasteiger partial charge in [-0.1, -0.05) is 6.07 Å². The Morgan fingerprint density at radius 1 is 1.35 bits per heavy atom. The normalized spacial score (nSPS) is 10.6. The summed E-state index contributed by atoms with van der Waals surface area (Å²) in [7, 11) is 3.31. The third-order valence-electron chi connectivity index (χ3n) is 3.51. The fourth-order valence-electron chi connectivity index (χ4n) is 2.18. The number of pyridine rings is 1. The van der Waals surface area contributed by atoms with E-state index in [0.29, 0.717) is 36.3 Å². The van der Waals surface area contributed by atoms with E-state index in [9.17, 15) is 9.18 Å². The molecule has 23 heavy (non-hydrogen) atoms. The van der Waals surface area contributed by atoms with Crippen LogP contribution in [0.3, 0.4) is 0 Å². The number of methoxy groups -OCH3 is 1. The van der Waals surface area contributed by atoms with Crippen molar-refractivity contribution < 1.29 is 13.9 Å². The zero-order valence-electron chi connectivity index (χ0n) is 13.1. The number of amides is 1. The predicted molar refractivity (Wildman–Crippen MR) is 95.0 cm³/mol. The molecule has 122 valence electrons. The minimum absolute atomic E-state index is 0.120. The maximum absolute atomic E-state index is 14.1. The summed E-state index contributed by atoms with van der Waals surface area (Å²) in [4.78, 5) is 18.2. The van der Waals surface area contributed by atoms with Gasteiger partial charge in [0.05, 0.1) is 6.61 Å². The number of carbonyl (C=O) groups is 1. The van der Waals surface area contributed by atoms with Gasteiger partial charge in [0.15, 0.2) is 0 Å². The Hall–Kier alpha value is -1.54. The summed E-state index contributed by atoms with van der Waals surface area (Å²) in [5, 5.41) is 0. The Labute approximate surface area is 148 Å². The van der Waals surface area contributed by atoms with Crippen LogP contribution in [0.2, 0.25) is 0 Å². The highest BCUT2D eigenvalue weighted by Crippen LogP contribution is 2.19. The molecule has 0 bridgehead atoms. The van der Waals surface area contributed by atoms with Crippen LogP contribution in [-0.4, -0.2) is 43.1 Å². The molecule has 0 fully saturated rings. The molecule has 2 aromatic rings. The minimum atomic E-state index is -0.271. The summed E-state index contributed by atoms with van der Waals surface area (Å²) >= 11 is 2.07. The molecule has 0 aliphatic rings. The molecule has 1 heterocycles. The quantitative estimate of drug-likeness (QED) is 0.665. The molecule has 0 spiro atoms. The van der Waals surface area contributed by atoms with Gasteiger partial charge in [0, 0.05) is 48.7 Å². The Balaban J connectivity index is 2.25. The number of benzene rings is 1. The third-order valence-corrected chi connectivity index (χ3v) is 4.18. The Morgan fingerprint density at radius 2 is 2.13 bits per heavy atom. The lowest BCUT2D eigenvalue weighted by atomic mass is 10.0. The van der Waals surface area contributed by atoms with Gasteiger partial charge in [0.2, 0.25) is 0 Å². The van der Waals surface area contributed by atoms with Crippen molar-refractivity contribution in [3.05, 3.63) is 62.7 Å². The molecule has 1 aromatic heterocycles.